The average Bonchev–Trinajstić information content (AvgIpc) is 1.86. The molecule has 0 aromatic rings. The normalized spacial score (nSPS) is 15.7. The van der Waals surface area contributed by atoms with Crippen molar-refractivity contribution in [2.24, 2.45) is 0 Å². The van der Waals surface area contributed by atoms with Gasteiger partial charge in [0.2, 0.25) is 0 Å². The Bertz CT molecular complexity index is 85.0. The molecule has 3 N–H and O–H groups in total. The maximum atomic E-state index is 10.0. The third-order valence-corrected chi connectivity index (χ3v) is 1.55. The van der Waals surface area contributed by atoms with E-state index in [2.05, 4.69) is 0 Å². The number of hydroxylamine groups is 2. The van der Waals surface area contributed by atoms with Crippen LogP contribution < -0.4 is 11.0 Å². The van der Waals surface area contributed by atoms with Gasteiger partial charge in [0.1, 0.15) is 0 Å². The highest BCUT2D eigenvalue weighted by molar-refractivity contribution is 4.85. The Morgan fingerprint density at radius 3 is 2.11 bits per heavy atom. The van der Waals surface area contributed by atoms with Crippen LogP contribution in [0.25, 0.3) is 0 Å². The molecule has 0 heterocycles. The summed E-state index contributed by atoms with van der Waals surface area (Å²) >= 11 is 0. The van der Waals surface area contributed by atoms with Gasteiger partial charge in [0, 0.05) is 6.04 Å². The van der Waals surface area contributed by atoms with Crippen molar-refractivity contribution in [3.05, 3.63) is 5.21 Å². The first-order valence-electron chi connectivity index (χ1n) is 2.83. The molecule has 0 aliphatic rings. The molecule has 4 nitrogen and oxygen atoms in total. The van der Waals surface area contributed by atoms with Crippen LogP contribution in [-0.2, 0) is 0 Å². The average molecular weight is 133 g/mol. The van der Waals surface area contributed by atoms with Crippen LogP contribution >= 0.6 is 0 Å². The van der Waals surface area contributed by atoms with Crippen LogP contribution in [0.15, 0.2) is 0 Å². The second-order valence-electron chi connectivity index (χ2n) is 2.67. The standard InChI is InChI=1S/C5H13N2O2/c1-4(6-8)5(2,3)7-9/h4,6-7,9H,1-3H3/q-1. The summed E-state index contributed by atoms with van der Waals surface area (Å²) in [5.74, 6) is 0. The van der Waals surface area contributed by atoms with E-state index in [0.29, 0.717) is 0 Å². The monoisotopic (exact) mass is 133 g/mol. The number of hydrogen-bond donors (Lipinski definition) is 3. The van der Waals surface area contributed by atoms with Gasteiger partial charge in [-0.3, -0.25) is 0 Å². The van der Waals surface area contributed by atoms with Crippen molar-refractivity contribution in [1.82, 2.24) is 11.0 Å². The summed E-state index contributed by atoms with van der Waals surface area (Å²) in [4.78, 5) is 0. The van der Waals surface area contributed by atoms with E-state index in [1.807, 2.05) is 5.48 Å². The first-order chi connectivity index (χ1) is 4.04. The third kappa shape index (κ3) is 2.28. The second-order valence-corrected chi connectivity index (χ2v) is 2.67. The van der Waals surface area contributed by atoms with Crippen LogP contribution in [-0.4, -0.2) is 16.8 Å². The molecule has 0 radical (unpaired) electrons. The molecule has 0 saturated carbocycles. The Hall–Kier alpha value is -0.160. The third-order valence-electron chi connectivity index (χ3n) is 1.55. The molecule has 0 aromatic carbocycles. The summed E-state index contributed by atoms with van der Waals surface area (Å²) < 4.78 is 0. The van der Waals surface area contributed by atoms with Crippen molar-refractivity contribution in [3.63, 3.8) is 0 Å². The predicted molar refractivity (Wildman–Crippen MR) is 35.0 cm³/mol. The van der Waals surface area contributed by atoms with Gasteiger partial charge in [0.15, 0.2) is 0 Å². The highest BCUT2D eigenvalue weighted by Gasteiger charge is 2.21. The zero-order valence-electron chi connectivity index (χ0n) is 5.93. The predicted octanol–water partition coefficient (Wildman–Crippen LogP) is 0.220. The Morgan fingerprint density at radius 2 is 2.00 bits per heavy atom. The van der Waals surface area contributed by atoms with Gasteiger partial charge in [-0.05, 0) is 20.8 Å². The Labute approximate surface area is 54.8 Å². The van der Waals surface area contributed by atoms with Gasteiger partial charge in [-0.1, -0.05) is 0 Å². The summed E-state index contributed by atoms with van der Waals surface area (Å²) in [5, 5.41) is 18.5. The van der Waals surface area contributed by atoms with Crippen molar-refractivity contribution in [2.75, 3.05) is 0 Å². The molecule has 0 aromatic heterocycles. The molecule has 0 rings (SSSR count). The minimum absolute atomic E-state index is 0.303. The summed E-state index contributed by atoms with van der Waals surface area (Å²) in [6.07, 6.45) is 0. The van der Waals surface area contributed by atoms with Gasteiger partial charge in [-0.2, -0.15) is 5.48 Å². The molecular weight excluding hydrogens is 120 g/mol. The van der Waals surface area contributed by atoms with Gasteiger partial charge in [0.25, 0.3) is 0 Å². The van der Waals surface area contributed by atoms with Crippen molar-refractivity contribution < 1.29 is 5.21 Å². The number of rotatable bonds is 3. The van der Waals surface area contributed by atoms with Gasteiger partial charge in [0.05, 0.1) is 5.54 Å². The van der Waals surface area contributed by atoms with Crippen LogP contribution in [0.5, 0.6) is 0 Å². The molecule has 0 fully saturated rings. The fraction of sp³-hybridized carbons (Fsp3) is 1.00. The maximum absolute atomic E-state index is 10.0. The molecule has 56 valence electrons. The minimum atomic E-state index is -0.568. The first kappa shape index (κ1) is 8.84. The van der Waals surface area contributed by atoms with Crippen LogP contribution in [0, 0.1) is 5.21 Å². The van der Waals surface area contributed by atoms with E-state index in [0.717, 1.165) is 0 Å². The number of nitrogens with one attached hydrogen (secondary N) is 2. The van der Waals surface area contributed by atoms with E-state index in [-0.39, 0.29) is 6.04 Å². The van der Waals surface area contributed by atoms with E-state index >= 15 is 0 Å². The molecule has 1 atom stereocenters. The van der Waals surface area contributed by atoms with Crippen molar-refractivity contribution in [1.29, 1.82) is 0 Å². The first-order valence-corrected chi connectivity index (χ1v) is 2.83. The van der Waals surface area contributed by atoms with E-state index in [4.69, 9.17) is 5.21 Å². The van der Waals surface area contributed by atoms with E-state index < -0.39 is 5.54 Å². The largest absolute Gasteiger partial charge is 0.788 e. The van der Waals surface area contributed by atoms with Crippen molar-refractivity contribution in [3.8, 4) is 0 Å². The SMILES string of the molecule is CC(N[O-])C(C)(C)NO. The smallest absolute Gasteiger partial charge is 0.0515 e. The lowest BCUT2D eigenvalue weighted by molar-refractivity contribution is 0.0645. The molecule has 0 bridgehead atoms. The lowest BCUT2D eigenvalue weighted by Crippen LogP contribution is -2.51. The zero-order chi connectivity index (χ0) is 7.49. The van der Waals surface area contributed by atoms with E-state index in [1.165, 1.54) is 0 Å². The molecule has 0 aliphatic heterocycles. The van der Waals surface area contributed by atoms with Crippen LogP contribution in [0.4, 0.5) is 0 Å². The molecule has 0 spiro atoms. The van der Waals surface area contributed by atoms with Gasteiger partial charge in [-0.25, -0.2) is 0 Å². The summed E-state index contributed by atoms with van der Waals surface area (Å²) in [5.41, 5.74) is 3.25. The highest BCUT2D eigenvalue weighted by Crippen LogP contribution is 2.05. The van der Waals surface area contributed by atoms with E-state index in [1.54, 1.807) is 26.3 Å². The quantitative estimate of drug-likeness (QED) is 0.482. The molecule has 9 heavy (non-hydrogen) atoms. The lowest BCUT2D eigenvalue weighted by atomic mass is 9.98. The summed E-state index contributed by atoms with van der Waals surface area (Å²) in [7, 11) is 0. The molecule has 0 aliphatic carbocycles. The van der Waals surface area contributed by atoms with Crippen LogP contribution in [0.3, 0.4) is 0 Å². The van der Waals surface area contributed by atoms with Crippen molar-refractivity contribution in [2.45, 2.75) is 32.4 Å². The number of hydrogen-bond acceptors (Lipinski definition) is 4. The van der Waals surface area contributed by atoms with Crippen LogP contribution in [0.2, 0.25) is 0 Å². The molecular formula is C5H13N2O2-. The van der Waals surface area contributed by atoms with Gasteiger partial charge in [-0.15, -0.1) is 0 Å². The van der Waals surface area contributed by atoms with Gasteiger partial charge < -0.3 is 15.9 Å². The lowest BCUT2D eigenvalue weighted by Gasteiger charge is -2.33. The minimum Gasteiger partial charge on any atom is -0.788 e. The fourth-order valence-electron chi connectivity index (χ4n) is 0.244. The Kier molecular flexibility index (Phi) is 3.07. The topological polar surface area (TPSA) is 67.3 Å². The van der Waals surface area contributed by atoms with Crippen LogP contribution in [0.1, 0.15) is 20.8 Å². The molecule has 0 amide bonds. The van der Waals surface area contributed by atoms with Crippen molar-refractivity contribution >= 4 is 0 Å². The van der Waals surface area contributed by atoms with E-state index in [9.17, 15) is 5.21 Å². The second kappa shape index (κ2) is 3.12. The maximum Gasteiger partial charge on any atom is 0.0515 e. The molecule has 0 saturated heterocycles. The zero-order valence-corrected chi connectivity index (χ0v) is 5.93. The summed E-state index contributed by atoms with van der Waals surface area (Å²) in [6, 6.07) is -0.303. The molecule has 1 unspecified atom stereocenters. The van der Waals surface area contributed by atoms with Gasteiger partial charge >= 0.3 is 0 Å². The highest BCUT2D eigenvalue weighted by atomic mass is 16.5. The molecule has 4 heteroatoms. The fourth-order valence-corrected chi connectivity index (χ4v) is 0.244. The summed E-state index contributed by atoms with van der Waals surface area (Å²) in [6.45, 7) is 5.14. The Balaban J connectivity index is 3.80. The Morgan fingerprint density at radius 1 is 1.56 bits per heavy atom.